The summed E-state index contributed by atoms with van der Waals surface area (Å²) in [5, 5.41) is 3.35. The van der Waals surface area contributed by atoms with Crippen LogP contribution in [0.4, 0.5) is 11.4 Å². The smallest absolute Gasteiger partial charge is 0.264 e. The third kappa shape index (κ3) is 5.14. The van der Waals surface area contributed by atoms with E-state index in [1.54, 1.807) is 42.5 Å². The van der Waals surface area contributed by atoms with Gasteiger partial charge < -0.3 is 5.32 Å². The first-order valence-electron chi connectivity index (χ1n) is 9.08. The average molecular weight is 463 g/mol. The molecule has 0 saturated carbocycles. The lowest BCUT2D eigenvalue weighted by molar-refractivity contribution is -0.114. The molecule has 1 amide bonds. The van der Waals surface area contributed by atoms with E-state index in [9.17, 15) is 13.2 Å². The van der Waals surface area contributed by atoms with Crippen molar-refractivity contribution in [3.05, 3.63) is 87.9 Å². The summed E-state index contributed by atoms with van der Waals surface area (Å²) in [5.41, 5.74) is 2.49. The largest absolute Gasteiger partial charge is 0.323 e. The first kappa shape index (κ1) is 22.2. The van der Waals surface area contributed by atoms with Crippen LogP contribution in [0.3, 0.4) is 0 Å². The summed E-state index contributed by atoms with van der Waals surface area (Å²) in [5.74, 6) is -0.544. The number of amides is 1. The number of sulfonamides is 1. The van der Waals surface area contributed by atoms with Gasteiger partial charge in [0.1, 0.15) is 6.54 Å². The second-order valence-electron chi connectivity index (χ2n) is 6.84. The predicted molar refractivity (Wildman–Crippen MR) is 122 cm³/mol. The van der Waals surface area contributed by atoms with Crippen LogP contribution < -0.4 is 9.62 Å². The van der Waals surface area contributed by atoms with Crippen LogP contribution in [0, 0.1) is 13.8 Å². The average Bonchev–Trinajstić information content (AvgIpc) is 2.68. The maximum absolute atomic E-state index is 13.4. The van der Waals surface area contributed by atoms with Gasteiger partial charge >= 0.3 is 0 Å². The number of halogens is 2. The van der Waals surface area contributed by atoms with E-state index >= 15 is 0 Å². The van der Waals surface area contributed by atoms with Crippen LogP contribution >= 0.6 is 23.2 Å². The summed E-state index contributed by atoms with van der Waals surface area (Å²) in [6.45, 7) is 3.31. The van der Waals surface area contributed by atoms with Crippen LogP contribution in [0.1, 0.15) is 11.1 Å². The highest BCUT2D eigenvalue weighted by atomic mass is 35.5. The third-order valence-electron chi connectivity index (χ3n) is 4.32. The first-order valence-corrected chi connectivity index (χ1v) is 11.3. The van der Waals surface area contributed by atoms with Crippen LogP contribution in [0.2, 0.25) is 10.0 Å². The van der Waals surface area contributed by atoms with Crippen molar-refractivity contribution in [2.45, 2.75) is 18.7 Å². The summed E-state index contributed by atoms with van der Waals surface area (Å²) >= 11 is 12.1. The summed E-state index contributed by atoms with van der Waals surface area (Å²) in [6.07, 6.45) is 0. The lowest BCUT2D eigenvalue weighted by Crippen LogP contribution is -2.38. The fourth-order valence-corrected chi connectivity index (χ4v) is 4.81. The molecule has 0 unspecified atom stereocenters. The van der Waals surface area contributed by atoms with Gasteiger partial charge in [0.15, 0.2) is 0 Å². The molecule has 0 saturated heterocycles. The molecule has 0 aliphatic rings. The SMILES string of the molecule is Cc1cc(C)cc(N(CC(=O)Nc2cc(Cl)ccc2Cl)S(=O)(=O)c2ccccc2)c1. The third-order valence-corrected chi connectivity index (χ3v) is 6.67. The van der Waals surface area contributed by atoms with Gasteiger partial charge in [-0.15, -0.1) is 0 Å². The van der Waals surface area contributed by atoms with Gasteiger partial charge in [0.25, 0.3) is 10.0 Å². The van der Waals surface area contributed by atoms with Crippen molar-refractivity contribution < 1.29 is 13.2 Å². The summed E-state index contributed by atoms with van der Waals surface area (Å²) in [7, 11) is -3.98. The van der Waals surface area contributed by atoms with Crippen LogP contribution in [-0.2, 0) is 14.8 Å². The number of rotatable bonds is 6. The van der Waals surface area contributed by atoms with Crippen molar-refractivity contribution in [3.8, 4) is 0 Å². The number of nitrogens with zero attached hydrogens (tertiary/aromatic N) is 1. The Hall–Kier alpha value is -2.54. The number of hydrogen-bond donors (Lipinski definition) is 1. The molecule has 0 aliphatic heterocycles. The van der Waals surface area contributed by atoms with Gasteiger partial charge in [0, 0.05) is 5.02 Å². The van der Waals surface area contributed by atoms with Crippen LogP contribution in [0.25, 0.3) is 0 Å². The molecular weight excluding hydrogens is 443 g/mol. The maximum Gasteiger partial charge on any atom is 0.264 e. The minimum Gasteiger partial charge on any atom is -0.323 e. The minimum absolute atomic E-state index is 0.0951. The quantitative estimate of drug-likeness (QED) is 0.529. The van der Waals surface area contributed by atoms with Gasteiger partial charge in [-0.3, -0.25) is 9.10 Å². The van der Waals surface area contributed by atoms with Gasteiger partial charge in [0.05, 0.1) is 21.3 Å². The minimum atomic E-state index is -3.98. The van der Waals surface area contributed by atoms with Gasteiger partial charge in [0.2, 0.25) is 5.91 Å². The summed E-state index contributed by atoms with van der Waals surface area (Å²) in [4.78, 5) is 12.9. The van der Waals surface area contributed by atoms with Crippen molar-refractivity contribution >= 4 is 50.5 Å². The van der Waals surface area contributed by atoms with E-state index in [2.05, 4.69) is 5.32 Å². The van der Waals surface area contributed by atoms with Crippen LogP contribution in [0.5, 0.6) is 0 Å². The summed E-state index contributed by atoms with van der Waals surface area (Å²) in [6, 6.07) is 18.1. The number of aryl methyl sites for hydroxylation is 2. The molecule has 0 aromatic heterocycles. The molecule has 0 aliphatic carbocycles. The Balaban J connectivity index is 1.99. The molecule has 3 aromatic rings. The Bertz CT molecular complexity index is 1160. The molecule has 0 atom stereocenters. The Kier molecular flexibility index (Phi) is 6.71. The highest BCUT2D eigenvalue weighted by molar-refractivity contribution is 7.92. The first-order chi connectivity index (χ1) is 14.2. The number of nitrogens with one attached hydrogen (secondary N) is 1. The predicted octanol–water partition coefficient (Wildman–Crippen LogP) is 5.44. The van der Waals surface area contributed by atoms with Gasteiger partial charge in [-0.05, 0) is 67.4 Å². The number of carbonyl (C=O) groups excluding carboxylic acids is 1. The van der Waals surface area contributed by atoms with Crippen LogP contribution in [0.15, 0.2) is 71.6 Å². The molecule has 156 valence electrons. The van der Waals surface area contributed by atoms with Gasteiger partial charge in [-0.1, -0.05) is 47.5 Å². The molecule has 0 bridgehead atoms. The fourth-order valence-electron chi connectivity index (χ4n) is 3.04. The second-order valence-corrected chi connectivity index (χ2v) is 9.55. The molecule has 0 radical (unpaired) electrons. The fraction of sp³-hybridized carbons (Fsp3) is 0.136. The van der Waals surface area contributed by atoms with Crippen molar-refractivity contribution in [2.24, 2.45) is 0 Å². The van der Waals surface area contributed by atoms with E-state index in [0.717, 1.165) is 15.4 Å². The highest BCUT2D eigenvalue weighted by Gasteiger charge is 2.27. The van der Waals surface area contributed by atoms with Crippen molar-refractivity contribution in [2.75, 3.05) is 16.2 Å². The number of anilines is 2. The monoisotopic (exact) mass is 462 g/mol. The normalized spacial score (nSPS) is 11.2. The highest BCUT2D eigenvalue weighted by Crippen LogP contribution is 2.28. The van der Waals surface area contributed by atoms with Crippen LogP contribution in [-0.4, -0.2) is 20.9 Å². The maximum atomic E-state index is 13.4. The van der Waals surface area contributed by atoms with Gasteiger partial charge in [-0.2, -0.15) is 0 Å². The van der Waals surface area contributed by atoms with E-state index in [1.807, 2.05) is 19.9 Å². The lowest BCUT2D eigenvalue weighted by atomic mass is 10.1. The lowest BCUT2D eigenvalue weighted by Gasteiger charge is -2.25. The molecule has 3 rings (SSSR count). The zero-order valence-corrected chi connectivity index (χ0v) is 18.7. The topological polar surface area (TPSA) is 66.5 Å². The van der Waals surface area contributed by atoms with Gasteiger partial charge in [-0.25, -0.2) is 8.42 Å². The molecule has 3 aromatic carbocycles. The Morgan fingerprint density at radius 2 is 1.57 bits per heavy atom. The molecule has 8 heteroatoms. The van der Waals surface area contributed by atoms with E-state index in [4.69, 9.17) is 23.2 Å². The van der Waals surface area contributed by atoms with E-state index in [-0.39, 0.29) is 4.90 Å². The molecule has 0 fully saturated rings. The molecular formula is C22H20Cl2N2O3S. The van der Waals surface area contributed by atoms with E-state index in [1.165, 1.54) is 18.2 Å². The Morgan fingerprint density at radius 1 is 0.933 bits per heavy atom. The standard InChI is InChI=1S/C22H20Cl2N2O3S/c1-15-10-16(2)12-18(11-15)26(30(28,29)19-6-4-3-5-7-19)14-22(27)25-21-13-17(23)8-9-20(21)24/h3-13H,14H2,1-2H3,(H,25,27). The number of hydrogen-bond acceptors (Lipinski definition) is 3. The van der Waals surface area contributed by atoms with Crippen molar-refractivity contribution in [3.63, 3.8) is 0 Å². The zero-order chi connectivity index (χ0) is 21.9. The van der Waals surface area contributed by atoms with E-state index in [0.29, 0.717) is 21.4 Å². The Morgan fingerprint density at radius 3 is 2.20 bits per heavy atom. The van der Waals surface area contributed by atoms with Crippen molar-refractivity contribution in [1.82, 2.24) is 0 Å². The van der Waals surface area contributed by atoms with E-state index < -0.39 is 22.5 Å². The Labute approximate surface area is 186 Å². The number of benzene rings is 3. The number of carbonyl (C=O) groups is 1. The molecule has 0 heterocycles. The zero-order valence-electron chi connectivity index (χ0n) is 16.4. The molecule has 1 N–H and O–H groups in total. The molecule has 30 heavy (non-hydrogen) atoms. The molecule has 0 spiro atoms. The summed E-state index contributed by atoms with van der Waals surface area (Å²) < 4.78 is 27.8. The second kappa shape index (κ2) is 9.08. The van der Waals surface area contributed by atoms with Crippen molar-refractivity contribution in [1.29, 1.82) is 0 Å². The molecule has 5 nitrogen and oxygen atoms in total.